The summed E-state index contributed by atoms with van der Waals surface area (Å²) in [6, 6.07) is 9.65. The monoisotopic (exact) mass is 457 g/mol. The first-order valence-corrected chi connectivity index (χ1v) is 11.0. The van der Waals surface area contributed by atoms with Crippen molar-refractivity contribution in [3.8, 4) is 23.3 Å². The SMILES string of the molecule is N#Cc1cnc(N2CCC[C@@H](Nc3cc(OCCO)nc(-c4cnn5ccccc45)n3)C2)cn1. The van der Waals surface area contributed by atoms with E-state index in [0.717, 1.165) is 36.3 Å². The lowest BCUT2D eigenvalue weighted by Gasteiger charge is -2.34. The molecule has 4 aromatic heterocycles. The number of piperidine rings is 1. The number of aliphatic hydroxyl groups is 1. The molecule has 5 heterocycles. The first-order chi connectivity index (χ1) is 16.7. The van der Waals surface area contributed by atoms with Gasteiger partial charge in [-0.25, -0.2) is 19.5 Å². The number of hydrogen-bond donors (Lipinski definition) is 2. The van der Waals surface area contributed by atoms with Crippen molar-refractivity contribution in [3.63, 3.8) is 0 Å². The lowest BCUT2D eigenvalue weighted by Crippen LogP contribution is -2.42. The Kier molecular flexibility index (Phi) is 6.13. The normalized spacial score (nSPS) is 15.8. The van der Waals surface area contributed by atoms with Crippen molar-refractivity contribution >= 4 is 17.2 Å². The van der Waals surface area contributed by atoms with Crippen LogP contribution in [0.4, 0.5) is 11.6 Å². The van der Waals surface area contributed by atoms with Gasteiger partial charge < -0.3 is 20.1 Å². The zero-order chi connectivity index (χ0) is 23.3. The number of nitriles is 1. The number of pyridine rings is 1. The molecule has 0 aliphatic carbocycles. The van der Waals surface area contributed by atoms with Crippen molar-refractivity contribution in [3.05, 3.63) is 54.7 Å². The van der Waals surface area contributed by atoms with Crippen LogP contribution in [-0.2, 0) is 0 Å². The molecular formula is C23H23N9O2. The Morgan fingerprint density at radius 1 is 1.21 bits per heavy atom. The summed E-state index contributed by atoms with van der Waals surface area (Å²) in [6.07, 6.45) is 8.66. The molecule has 0 amide bonds. The van der Waals surface area contributed by atoms with Crippen molar-refractivity contribution in [1.82, 2.24) is 29.5 Å². The molecule has 2 N–H and O–H groups in total. The van der Waals surface area contributed by atoms with E-state index in [1.54, 1.807) is 23.0 Å². The third kappa shape index (κ3) is 4.57. The Balaban J connectivity index is 1.40. The lowest BCUT2D eigenvalue weighted by molar-refractivity contribution is 0.196. The van der Waals surface area contributed by atoms with E-state index in [0.29, 0.717) is 29.8 Å². The molecule has 0 aromatic carbocycles. The summed E-state index contributed by atoms with van der Waals surface area (Å²) in [5.74, 6) is 2.24. The molecule has 34 heavy (non-hydrogen) atoms. The molecule has 1 atom stereocenters. The highest BCUT2D eigenvalue weighted by molar-refractivity contribution is 5.76. The smallest absolute Gasteiger partial charge is 0.219 e. The van der Waals surface area contributed by atoms with Gasteiger partial charge in [0.1, 0.15) is 24.3 Å². The summed E-state index contributed by atoms with van der Waals surface area (Å²) >= 11 is 0. The summed E-state index contributed by atoms with van der Waals surface area (Å²) in [6.45, 7) is 1.60. The topological polar surface area (TPSA) is 137 Å². The van der Waals surface area contributed by atoms with E-state index in [2.05, 4.69) is 30.3 Å². The van der Waals surface area contributed by atoms with E-state index in [1.807, 2.05) is 30.5 Å². The molecular weight excluding hydrogens is 434 g/mol. The van der Waals surface area contributed by atoms with Crippen molar-refractivity contribution in [2.75, 3.05) is 36.5 Å². The first-order valence-electron chi connectivity index (χ1n) is 11.0. The zero-order valence-electron chi connectivity index (χ0n) is 18.4. The van der Waals surface area contributed by atoms with E-state index in [-0.39, 0.29) is 19.3 Å². The fraction of sp³-hybridized carbons (Fsp3) is 0.304. The number of hydrogen-bond acceptors (Lipinski definition) is 10. The third-order valence-electron chi connectivity index (χ3n) is 5.56. The summed E-state index contributed by atoms with van der Waals surface area (Å²) in [5.41, 5.74) is 1.97. The zero-order valence-corrected chi connectivity index (χ0v) is 18.4. The molecule has 0 bridgehead atoms. The van der Waals surface area contributed by atoms with Crippen molar-refractivity contribution in [2.24, 2.45) is 0 Å². The molecule has 0 spiro atoms. The van der Waals surface area contributed by atoms with E-state index >= 15 is 0 Å². The van der Waals surface area contributed by atoms with Crippen molar-refractivity contribution < 1.29 is 9.84 Å². The molecule has 172 valence electrons. The number of anilines is 2. The highest BCUT2D eigenvalue weighted by atomic mass is 16.5. The highest BCUT2D eigenvalue weighted by Crippen LogP contribution is 2.27. The van der Waals surface area contributed by atoms with Crippen LogP contribution in [0.2, 0.25) is 0 Å². The maximum absolute atomic E-state index is 9.19. The summed E-state index contributed by atoms with van der Waals surface area (Å²) in [7, 11) is 0. The van der Waals surface area contributed by atoms with Crippen LogP contribution in [0.15, 0.2) is 49.1 Å². The Morgan fingerprint density at radius 2 is 2.15 bits per heavy atom. The molecule has 11 nitrogen and oxygen atoms in total. The second kappa shape index (κ2) is 9.68. The Hall–Kier alpha value is -4.30. The fourth-order valence-electron chi connectivity index (χ4n) is 4.00. The largest absolute Gasteiger partial charge is 0.475 e. The second-order valence-electron chi connectivity index (χ2n) is 7.88. The highest BCUT2D eigenvalue weighted by Gasteiger charge is 2.22. The van der Waals surface area contributed by atoms with Crippen LogP contribution in [0, 0.1) is 11.3 Å². The van der Waals surface area contributed by atoms with Gasteiger partial charge in [-0.3, -0.25) is 0 Å². The summed E-state index contributed by atoms with van der Waals surface area (Å²) < 4.78 is 7.39. The molecule has 11 heteroatoms. The predicted molar refractivity (Wildman–Crippen MR) is 124 cm³/mol. The van der Waals surface area contributed by atoms with Gasteiger partial charge in [-0.15, -0.1) is 0 Å². The van der Waals surface area contributed by atoms with Gasteiger partial charge in [0.15, 0.2) is 11.5 Å². The molecule has 1 saturated heterocycles. The average Bonchev–Trinajstić information content (AvgIpc) is 3.32. The van der Waals surface area contributed by atoms with Crippen LogP contribution >= 0.6 is 0 Å². The molecule has 1 aliphatic rings. The van der Waals surface area contributed by atoms with E-state index in [9.17, 15) is 5.11 Å². The Morgan fingerprint density at radius 3 is 2.97 bits per heavy atom. The van der Waals surface area contributed by atoms with Gasteiger partial charge in [0.2, 0.25) is 5.88 Å². The van der Waals surface area contributed by atoms with Crippen molar-refractivity contribution in [2.45, 2.75) is 18.9 Å². The lowest BCUT2D eigenvalue weighted by atomic mass is 10.1. The van der Waals surface area contributed by atoms with Crippen LogP contribution in [0.25, 0.3) is 16.9 Å². The minimum atomic E-state index is -0.109. The van der Waals surface area contributed by atoms with Crippen LogP contribution in [-0.4, -0.2) is 67.0 Å². The minimum Gasteiger partial charge on any atom is -0.475 e. The van der Waals surface area contributed by atoms with Gasteiger partial charge in [-0.1, -0.05) is 6.07 Å². The van der Waals surface area contributed by atoms with Gasteiger partial charge >= 0.3 is 0 Å². The maximum atomic E-state index is 9.19. The second-order valence-corrected chi connectivity index (χ2v) is 7.88. The molecule has 4 aromatic rings. The van der Waals surface area contributed by atoms with Crippen LogP contribution < -0.4 is 15.0 Å². The molecule has 5 rings (SSSR count). The molecule has 1 aliphatic heterocycles. The van der Waals surface area contributed by atoms with Gasteiger partial charge in [0.05, 0.1) is 36.3 Å². The number of rotatable bonds is 7. The number of nitrogens with zero attached hydrogens (tertiary/aromatic N) is 8. The Bertz CT molecular complexity index is 1320. The third-order valence-corrected chi connectivity index (χ3v) is 5.56. The van der Waals surface area contributed by atoms with Gasteiger partial charge in [0, 0.05) is 31.4 Å². The number of aromatic nitrogens is 6. The fourth-order valence-corrected chi connectivity index (χ4v) is 4.00. The standard InChI is InChI=1S/C23H23N9O2/c24-11-17-12-26-21(14-25-17)31-6-3-4-16(15-31)28-20-10-22(34-9-8-33)30-23(29-20)18-13-27-32-7-2-1-5-19(18)32/h1-2,5,7,10,12-14,16,33H,3-4,6,8-9,15H2,(H,28,29,30)/t16-/m1/s1. The number of ether oxygens (including phenoxy) is 1. The minimum absolute atomic E-state index is 0.109. The van der Waals surface area contributed by atoms with Gasteiger partial charge in [0.25, 0.3) is 0 Å². The molecule has 0 radical (unpaired) electrons. The molecule has 0 unspecified atom stereocenters. The van der Waals surface area contributed by atoms with Gasteiger partial charge in [-0.2, -0.15) is 15.3 Å². The summed E-state index contributed by atoms with van der Waals surface area (Å²) in [5, 5.41) is 26.0. The van der Waals surface area contributed by atoms with E-state index in [4.69, 9.17) is 15.0 Å². The first kappa shape index (κ1) is 21.5. The summed E-state index contributed by atoms with van der Waals surface area (Å²) in [4.78, 5) is 19.9. The number of nitrogens with one attached hydrogen (secondary N) is 1. The maximum Gasteiger partial charge on any atom is 0.219 e. The van der Waals surface area contributed by atoms with Crippen LogP contribution in [0.1, 0.15) is 18.5 Å². The molecule has 0 saturated carbocycles. The number of fused-ring (bicyclic) bond motifs is 1. The van der Waals surface area contributed by atoms with Crippen molar-refractivity contribution in [1.29, 1.82) is 5.26 Å². The Labute approximate surface area is 195 Å². The average molecular weight is 457 g/mol. The van der Waals surface area contributed by atoms with E-state index in [1.165, 1.54) is 6.20 Å². The number of aliphatic hydroxyl groups excluding tert-OH is 1. The van der Waals surface area contributed by atoms with Crippen LogP contribution in [0.3, 0.4) is 0 Å². The molecule has 1 fully saturated rings. The predicted octanol–water partition coefficient (Wildman–Crippen LogP) is 1.90. The quantitative estimate of drug-likeness (QED) is 0.423. The van der Waals surface area contributed by atoms with Crippen LogP contribution in [0.5, 0.6) is 5.88 Å². The van der Waals surface area contributed by atoms with Gasteiger partial charge in [-0.05, 0) is 25.0 Å². The van der Waals surface area contributed by atoms with E-state index < -0.39 is 0 Å².